The number of anilines is 1. The number of rotatable bonds is 7. The molecule has 5 aromatic rings. The van der Waals surface area contributed by atoms with Crippen LogP contribution in [-0.2, 0) is 17.8 Å². The van der Waals surface area contributed by atoms with Crippen LogP contribution in [0, 0.1) is 6.92 Å². The molecule has 1 saturated heterocycles. The van der Waals surface area contributed by atoms with Crippen molar-refractivity contribution >= 4 is 33.3 Å². The summed E-state index contributed by atoms with van der Waals surface area (Å²) in [5, 5.41) is 6.20. The summed E-state index contributed by atoms with van der Waals surface area (Å²) in [4.78, 5) is 12.7. The fourth-order valence-corrected chi connectivity index (χ4v) is 5.00. The van der Waals surface area contributed by atoms with E-state index in [0.717, 1.165) is 47.4 Å². The van der Waals surface area contributed by atoms with Gasteiger partial charge in [0.05, 0.1) is 37.6 Å². The van der Waals surface area contributed by atoms with Crippen molar-refractivity contribution in [1.29, 1.82) is 0 Å². The Balaban J connectivity index is 1.29. The SMILES string of the molecule is CCc1nn2cc(-c3cc4c(OCc5nc(N6CCOCC6)sc5C)cc(OC)cc4o3)nc2o1. The van der Waals surface area contributed by atoms with Crippen molar-refractivity contribution in [3.63, 3.8) is 0 Å². The number of ether oxygens (including phenoxy) is 3. The topological polar surface area (TPSA) is 100 Å². The van der Waals surface area contributed by atoms with E-state index in [2.05, 4.69) is 21.9 Å². The second-order valence-electron chi connectivity index (χ2n) is 8.24. The van der Waals surface area contributed by atoms with Gasteiger partial charge in [0.2, 0.25) is 5.89 Å². The molecular weight excluding hydrogens is 470 g/mol. The molecule has 1 fully saturated rings. The lowest BCUT2D eigenvalue weighted by Gasteiger charge is -2.26. The first kappa shape index (κ1) is 21.9. The lowest BCUT2D eigenvalue weighted by Crippen LogP contribution is -2.36. The summed E-state index contributed by atoms with van der Waals surface area (Å²) in [5.74, 6) is 2.96. The first-order chi connectivity index (χ1) is 17.1. The van der Waals surface area contributed by atoms with E-state index in [-0.39, 0.29) is 0 Å². The van der Waals surface area contributed by atoms with Crippen molar-refractivity contribution in [1.82, 2.24) is 19.6 Å². The third-order valence-electron chi connectivity index (χ3n) is 5.98. The highest BCUT2D eigenvalue weighted by Crippen LogP contribution is 2.37. The average Bonchev–Trinajstić information content (AvgIpc) is 3.64. The molecule has 0 spiro atoms. The molecule has 0 unspecified atom stereocenters. The highest BCUT2D eigenvalue weighted by atomic mass is 32.1. The molecule has 1 aromatic carbocycles. The summed E-state index contributed by atoms with van der Waals surface area (Å²) < 4.78 is 30.6. The lowest BCUT2D eigenvalue weighted by atomic mass is 10.2. The van der Waals surface area contributed by atoms with E-state index < -0.39 is 0 Å². The van der Waals surface area contributed by atoms with Crippen molar-refractivity contribution < 1.29 is 23.0 Å². The number of thiazole rings is 1. The molecule has 4 aromatic heterocycles. The van der Waals surface area contributed by atoms with Crippen LogP contribution in [0.15, 0.2) is 33.2 Å². The summed E-state index contributed by atoms with van der Waals surface area (Å²) in [6.07, 6.45) is 2.50. The van der Waals surface area contributed by atoms with Crippen LogP contribution in [-0.4, -0.2) is 53.0 Å². The second kappa shape index (κ2) is 8.90. The Morgan fingerprint density at radius 1 is 1.11 bits per heavy atom. The lowest BCUT2D eigenvalue weighted by molar-refractivity contribution is 0.122. The molecule has 0 aliphatic carbocycles. The molecule has 1 aliphatic rings. The molecule has 10 nitrogen and oxygen atoms in total. The molecule has 0 amide bonds. The van der Waals surface area contributed by atoms with Gasteiger partial charge in [-0.15, -0.1) is 16.4 Å². The van der Waals surface area contributed by atoms with Crippen LogP contribution in [0.2, 0.25) is 0 Å². The second-order valence-corrected chi connectivity index (χ2v) is 9.42. The maximum absolute atomic E-state index is 6.26. The van der Waals surface area contributed by atoms with Crippen LogP contribution in [0.3, 0.4) is 0 Å². The maximum Gasteiger partial charge on any atom is 0.325 e. The number of furan rings is 1. The molecule has 0 saturated carbocycles. The molecule has 182 valence electrons. The zero-order chi connectivity index (χ0) is 23.9. The van der Waals surface area contributed by atoms with Crippen LogP contribution in [0.25, 0.3) is 28.3 Å². The minimum Gasteiger partial charge on any atom is -0.496 e. The van der Waals surface area contributed by atoms with Crippen LogP contribution >= 0.6 is 11.3 Å². The minimum atomic E-state index is 0.344. The Labute approximate surface area is 205 Å². The molecular formula is C24H25N5O5S. The summed E-state index contributed by atoms with van der Waals surface area (Å²) >= 11 is 1.68. The van der Waals surface area contributed by atoms with Crippen LogP contribution < -0.4 is 14.4 Å². The van der Waals surface area contributed by atoms with E-state index in [0.29, 0.717) is 53.3 Å². The number of imidazole rings is 1. The van der Waals surface area contributed by atoms with Crippen LogP contribution in [0.4, 0.5) is 5.13 Å². The zero-order valence-electron chi connectivity index (χ0n) is 19.7. The summed E-state index contributed by atoms with van der Waals surface area (Å²) in [5.41, 5.74) is 2.19. The van der Waals surface area contributed by atoms with Gasteiger partial charge in [0.15, 0.2) is 10.9 Å². The summed E-state index contributed by atoms with van der Waals surface area (Å²) in [6, 6.07) is 5.61. The Hall–Kier alpha value is -3.57. The smallest absolute Gasteiger partial charge is 0.325 e. The fraction of sp³-hybridized carbons (Fsp3) is 0.375. The Kier molecular flexibility index (Phi) is 5.57. The van der Waals surface area contributed by atoms with Crippen molar-refractivity contribution in [2.75, 3.05) is 38.3 Å². The molecule has 0 N–H and O–H groups in total. The predicted octanol–water partition coefficient (Wildman–Crippen LogP) is 4.49. The first-order valence-corrected chi connectivity index (χ1v) is 12.3. The number of hydrogen-bond acceptors (Lipinski definition) is 10. The molecule has 11 heteroatoms. The van der Waals surface area contributed by atoms with Crippen molar-refractivity contribution in [3.05, 3.63) is 40.9 Å². The number of fused-ring (bicyclic) bond motifs is 2. The number of aryl methyl sites for hydroxylation is 2. The van der Waals surface area contributed by atoms with E-state index in [4.69, 9.17) is 28.0 Å². The van der Waals surface area contributed by atoms with Crippen molar-refractivity contribution in [2.45, 2.75) is 26.9 Å². The highest BCUT2D eigenvalue weighted by Gasteiger charge is 2.20. The zero-order valence-corrected chi connectivity index (χ0v) is 20.6. The fourth-order valence-electron chi connectivity index (χ4n) is 4.03. The molecule has 0 bridgehead atoms. The van der Waals surface area contributed by atoms with Gasteiger partial charge in [-0.05, 0) is 13.0 Å². The number of aromatic nitrogens is 4. The number of hydrogen-bond donors (Lipinski definition) is 0. The van der Waals surface area contributed by atoms with E-state index in [9.17, 15) is 0 Å². The third kappa shape index (κ3) is 4.10. The van der Waals surface area contributed by atoms with E-state index in [1.807, 2.05) is 25.1 Å². The molecule has 0 atom stereocenters. The summed E-state index contributed by atoms with van der Waals surface area (Å²) in [6.45, 7) is 7.57. The molecule has 1 aliphatic heterocycles. The van der Waals surface area contributed by atoms with Crippen molar-refractivity contribution in [2.24, 2.45) is 0 Å². The molecule has 6 rings (SSSR count). The van der Waals surface area contributed by atoms with Crippen LogP contribution in [0.5, 0.6) is 11.5 Å². The Bertz CT molecular complexity index is 1460. The van der Waals surface area contributed by atoms with E-state index in [1.165, 1.54) is 0 Å². The van der Waals surface area contributed by atoms with Gasteiger partial charge >= 0.3 is 5.84 Å². The standard InChI is InChI=1S/C24H25N5O5S/c1-4-22-27-29-12-17(25-23(29)34-22)21-11-16-19(9-15(30-3)10-20(16)33-21)32-13-18-14(2)35-24(26-18)28-5-7-31-8-6-28/h9-12H,4-8,13H2,1-3H3. The molecule has 5 heterocycles. The normalized spacial score (nSPS) is 14.3. The van der Waals surface area contributed by atoms with Gasteiger partial charge in [-0.25, -0.2) is 4.98 Å². The number of methoxy groups -OCH3 is 1. The van der Waals surface area contributed by atoms with Gasteiger partial charge < -0.3 is 27.9 Å². The van der Waals surface area contributed by atoms with E-state index >= 15 is 0 Å². The Morgan fingerprint density at radius 2 is 1.97 bits per heavy atom. The van der Waals surface area contributed by atoms with Gasteiger partial charge in [0, 0.05) is 36.5 Å². The van der Waals surface area contributed by atoms with Gasteiger partial charge in [-0.1, -0.05) is 6.92 Å². The quantitative estimate of drug-likeness (QED) is 0.323. The van der Waals surface area contributed by atoms with Gasteiger partial charge in [0.25, 0.3) is 0 Å². The first-order valence-electron chi connectivity index (χ1n) is 11.5. The van der Waals surface area contributed by atoms with E-state index in [1.54, 1.807) is 29.2 Å². The minimum absolute atomic E-state index is 0.344. The highest BCUT2D eigenvalue weighted by molar-refractivity contribution is 7.15. The molecule has 35 heavy (non-hydrogen) atoms. The molecule has 0 radical (unpaired) electrons. The predicted molar refractivity (Wildman–Crippen MR) is 131 cm³/mol. The van der Waals surface area contributed by atoms with Gasteiger partial charge in [-0.3, -0.25) is 0 Å². The number of morpholine rings is 1. The number of nitrogens with zero attached hydrogens (tertiary/aromatic N) is 5. The monoisotopic (exact) mass is 495 g/mol. The average molecular weight is 496 g/mol. The van der Waals surface area contributed by atoms with Crippen molar-refractivity contribution in [3.8, 4) is 23.0 Å². The third-order valence-corrected chi connectivity index (χ3v) is 7.05. The van der Waals surface area contributed by atoms with Gasteiger partial charge in [-0.2, -0.15) is 9.50 Å². The Morgan fingerprint density at radius 3 is 2.74 bits per heavy atom. The summed E-state index contributed by atoms with van der Waals surface area (Å²) in [7, 11) is 1.62. The van der Waals surface area contributed by atoms with Gasteiger partial charge in [0.1, 0.15) is 29.4 Å². The van der Waals surface area contributed by atoms with Crippen LogP contribution in [0.1, 0.15) is 23.4 Å². The largest absolute Gasteiger partial charge is 0.496 e. The number of benzene rings is 1. The maximum atomic E-state index is 6.26.